The van der Waals surface area contributed by atoms with Crippen molar-refractivity contribution >= 4 is 11.9 Å². The third-order valence-corrected chi connectivity index (χ3v) is 2.40. The van der Waals surface area contributed by atoms with Crippen molar-refractivity contribution in [2.75, 3.05) is 0 Å². The predicted octanol–water partition coefficient (Wildman–Crippen LogP) is 2.67. The molecular weight excluding hydrogens is 192 g/mol. The van der Waals surface area contributed by atoms with Crippen LogP contribution >= 0.6 is 0 Å². The van der Waals surface area contributed by atoms with Crippen LogP contribution in [-0.4, -0.2) is 11.1 Å². The number of nitro groups is 1. The first kappa shape index (κ1) is 9.58. The highest BCUT2D eigenvalue weighted by Gasteiger charge is 2.19. The molecule has 0 bridgehead atoms. The second-order valence-corrected chi connectivity index (χ2v) is 3.33. The van der Waals surface area contributed by atoms with Gasteiger partial charge >= 0.3 is 0 Å². The molecule has 2 rings (SSSR count). The number of aliphatic imine (C=N–C) groups is 1. The van der Waals surface area contributed by atoms with Crippen molar-refractivity contribution in [1.29, 1.82) is 0 Å². The lowest BCUT2D eigenvalue weighted by Gasteiger charge is -2.12. The zero-order valence-electron chi connectivity index (χ0n) is 8.04. The molecule has 1 aliphatic rings. The van der Waals surface area contributed by atoms with Crippen LogP contribution in [0.1, 0.15) is 17.9 Å². The molecule has 0 aliphatic carbocycles. The van der Waals surface area contributed by atoms with E-state index in [0.717, 1.165) is 12.0 Å². The van der Waals surface area contributed by atoms with Crippen molar-refractivity contribution in [2.24, 2.45) is 4.99 Å². The van der Waals surface area contributed by atoms with Crippen LogP contribution in [0.5, 0.6) is 0 Å². The largest absolute Gasteiger partial charge is 0.273 e. The number of hydrogen-bond acceptors (Lipinski definition) is 3. The van der Waals surface area contributed by atoms with E-state index in [0.29, 0.717) is 0 Å². The maximum absolute atomic E-state index is 10.8. The molecule has 0 saturated heterocycles. The third kappa shape index (κ3) is 1.93. The summed E-state index contributed by atoms with van der Waals surface area (Å²) in [5.74, 6) is 0.0732. The quantitative estimate of drug-likeness (QED) is 0.546. The number of para-hydroxylation sites is 1. The molecule has 1 aromatic carbocycles. The van der Waals surface area contributed by atoms with Crippen LogP contribution in [0, 0.1) is 10.1 Å². The standard InChI is InChI=1S/C11H10N2O2/c14-13(15)11-4-2-1-3-10(11)9-5-7-12-8-6-9/h1-5,7-9H,6H2. The van der Waals surface area contributed by atoms with Gasteiger partial charge < -0.3 is 0 Å². The van der Waals surface area contributed by atoms with Crippen LogP contribution in [0.3, 0.4) is 0 Å². The Labute approximate surface area is 87.1 Å². The molecular formula is C11H10N2O2. The fourth-order valence-electron chi connectivity index (χ4n) is 1.67. The maximum atomic E-state index is 10.8. The van der Waals surface area contributed by atoms with Crippen LogP contribution < -0.4 is 0 Å². The van der Waals surface area contributed by atoms with Gasteiger partial charge in [-0.3, -0.25) is 15.1 Å². The molecule has 1 atom stereocenters. The molecule has 1 unspecified atom stereocenters. The summed E-state index contributed by atoms with van der Waals surface area (Å²) in [5.41, 5.74) is 0.937. The van der Waals surface area contributed by atoms with Gasteiger partial charge in [-0.15, -0.1) is 0 Å². The molecule has 0 N–H and O–H groups in total. The van der Waals surface area contributed by atoms with E-state index in [-0.39, 0.29) is 16.5 Å². The molecule has 0 aromatic heterocycles. The average Bonchev–Trinajstić information content (AvgIpc) is 2.30. The van der Waals surface area contributed by atoms with E-state index in [4.69, 9.17) is 0 Å². The SMILES string of the molecule is O=[N+]([O-])c1ccccc1C1C=CN=CC1. The molecule has 0 fully saturated rings. The Kier molecular flexibility index (Phi) is 2.58. The van der Waals surface area contributed by atoms with Crippen LogP contribution in [0.2, 0.25) is 0 Å². The van der Waals surface area contributed by atoms with Gasteiger partial charge in [0.2, 0.25) is 0 Å². The van der Waals surface area contributed by atoms with Crippen LogP contribution in [0.25, 0.3) is 0 Å². The Hall–Kier alpha value is -1.97. The lowest BCUT2D eigenvalue weighted by molar-refractivity contribution is -0.385. The fraction of sp³-hybridized carbons (Fsp3) is 0.182. The Morgan fingerprint density at radius 2 is 2.20 bits per heavy atom. The van der Waals surface area contributed by atoms with Gasteiger partial charge in [0, 0.05) is 30.0 Å². The second kappa shape index (κ2) is 4.04. The van der Waals surface area contributed by atoms with Gasteiger partial charge in [0.05, 0.1) is 4.92 Å². The van der Waals surface area contributed by atoms with Crippen LogP contribution in [0.4, 0.5) is 5.69 Å². The van der Waals surface area contributed by atoms with E-state index < -0.39 is 0 Å². The van der Waals surface area contributed by atoms with Crippen molar-refractivity contribution in [3.63, 3.8) is 0 Å². The van der Waals surface area contributed by atoms with Crippen molar-refractivity contribution in [3.8, 4) is 0 Å². The number of rotatable bonds is 2. The second-order valence-electron chi connectivity index (χ2n) is 3.33. The molecule has 0 saturated carbocycles. The van der Waals surface area contributed by atoms with Crippen molar-refractivity contribution in [2.45, 2.75) is 12.3 Å². The van der Waals surface area contributed by atoms with Gasteiger partial charge in [0.15, 0.2) is 0 Å². The van der Waals surface area contributed by atoms with Crippen molar-refractivity contribution in [1.82, 2.24) is 0 Å². The number of benzene rings is 1. The minimum absolute atomic E-state index is 0.0732. The van der Waals surface area contributed by atoms with E-state index in [1.807, 2.05) is 12.1 Å². The van der Waals surface area contributed by atoms with Gasteiger partial charge in [-0.1, -0.05) is 24.3 Å². The molecule has 76 valence electrons. The molecule has 0 spiro atoms. The molecule has 4 heteroatoms. The van der Waals surface area contributed by atoms with E-state index >= 15 is 0 Å². The van der Waals surface area contributed by atoms with Gasteiger partial charge in [-0.25, -0.2) is 0 Å². The van der Waals surface area contributed by atoms with Gasteiger partial charge in [0.25, 0.3) is 5.69 Å². The first-order valence-corrected chi connectivity index (χ1v) is 4.70. The Bertz CT molecular complexity index is 438. The summed E-state index contributed by atoms with van der Waals surface area (Å²) < 4.78 is 0. The summed E-state index contributed by atoms with van der Waals surface area (Å²) in [6.07, 6.45) is 6.08. The van der Waals surface area contributed by atoms with Gasteiger partial charge in [0.1, 0.15) is 0 Å². The van der Waals surface area contributed by atoms with E-state index in [2.05, 4.69) is 4.99 Å². The lowest BCUT2D eigenvalue weighted by atomic mass is 9.94. The summed E-state index contributed by atoms with van der Waals surface area (Å²) >= 11 is 0. The van der Waals surface area contributed by atoms with E-state index in [1.54, 1.807) is 24.5 Å². The third-order valence-electron chi connectivity index (χ3n) is 2.40. The minimum atomic E-state index is -0.338. The van der Waals surface area contributed by atoms with Crippen LogP contribution in [-0.2, 0) is 0 Å². The zero-order valence-corrected chi connectivity index (χ0v) is 8.04. The van der Waals surface area contributed by atoms with Crippen molar-refractivity contribution < 1.29 is 4.92 Å². The smallest absolute Gasteiger partial charge is 0.269 e. The van der Waals surface area contributed by atoms with E-state index in [9.17, 15) is 10.1 Å². The number of hydrogen-bond donors (Lipinski definition) is 0. The fourth-order valence-corrected chi connectivity index (χ4v) is 1.67. The highest BCUT2D eigenvalue weighted by Crippen LogP contribution is 2.30. The highest BCUT2D eigenvalue weighted by molar-refractivity contribution is 5.63. The van der Waals surface area contributed by atoms with E-state index in [1.165, 1.54) is 6.07 Å². The molecule has 4 nitrogen and oxygen atoms in total. The average molecular weight is 202 g/mol. The first-order chi connectivity index (χ1) is 7.29. The Morgan fingerprint density at radius 3 is 2.87 bits per heavy atom. The number of nitro benzene ring substituents is 1. The Morgan fingerprint density at radius 1 is 1.40 bits per heavy atom. The molecule has 0 amide bonds. The van der Waals surface area contributed by atoms with Crippen LogP contribution in [0.15, 0.2) is 41.5 Å². The molecule has 1 aromatic rings. The highest BCUT2D eigenvalue weighted by atomic mass is 16.6. The molecule has 1 aliphatic heterocycles. The van der Waals surface area contributed by atoms with Gasteiger partial charge in [-0.05, 0) is 6.42 Å². The molecule has 1 heterocycles. The summed E-state index contributed by atoms with van der Waals surface area (Å²) in [5, 5.41) is 10.8. The Balaban J connectivity index is 2.39. The summed E-state index contributed by atoms with van der Waals surface area (Å²) in [4.78, 5) is 14.4. The summed E-state index contributed by atoms with van der Waals surface area (Å²) in [6.45, 7) is 0. The maximum Gasteiger partial charge on any atom is 0.273 e. The predicted molar refractivity (Wildman–Crippen MR) is 58.1 cm³/mol. The molecule has 15 heavy (non-hydrogen) atoms. The summed E-state index contributed by atoms with van der Waals surface area (Å²) in [6, 6.07) is 6.84. The zero-order chi connectivity index (χ0) is 10.7. The van der Waals surface area contributed by atoms with Crippen molar-refractivity contribution in [3.05, 3.63) is 52.2 Å². The van der Waals surface area contributed by atoms with Gasteiger partial charge in [-0.2, -0.15) is 0 Å². The number of allylic oxidation sites excluding steroid dienone is 1. The topological polar surface area (TPSA) is 55.5 Å². The first-order valence-electron chi connectivity index (χ1n) is 4.70. The number of nitrogens with zero attached hydrogens (tertiary/aromatic N) is 2. The summed E-state index contributed by atoms with van der Waals surface area (Å²) in [7, 11) is 0. The normalized spacial score (nSPS) is 19.1. The molecule has 0 radical (unpaired) electrons. The minimum Gasteiger partial charge on any atom is -0.269 e. The lowest BCUT2D eigenvalue weighted by Crippen LogP contribution is -2.03. The monoisotopic (exact) mass is 202 g/mol.